The van der Waals surface area contributed by atoms with Crippen molar-refractivity contribution in [3.8, 4) is 0 Å². The zero-order chi connectivity index (χ0) is 13.7. The van der Waals surface area contributed by atoms with Crippen molar-refractivity contribution in [3.63, 3.8) is 0 Å². The maximum atomic E-state index is 12.3. The first kappa shape index (κ1) is 14.4. The molecule has 0 amide bonds. The van der Waals surface area contributed by atoms with Crippen LogP contribution in [0, 0.1) is 0 Å². The lowest BCUT2D eigenvalue weighted by Gasteiger charge is -2.25. The first-order valence-electron chi connectivity index (χ1n) is 6.38. The largest absolute Gasteiger partial charge is 0.379 e. The van der Waals surface area contributed by atoms with E-state index in [1.807, 2.05) is 6.92 Å². The van der Waals surface area contributed by atoms with E-state index < -0.39 is 10.0 Å². The normalized spacial score (nSPS) is 17.5. The number of hydrogen-bond donors (Lipinski definition) is 1. The van der Waals surface area contributed by atoms with E-state index in [4.69, 9.17) is 4.74 Å². The average Bonchev–Trinajstić information content (AvgIpc) is 2.46. The molecule has 2 heterocycles. The second-order valence-corrected chi connectivity index (χ2v) is 6.19. The van der Waals surface area contributed by atoms with E-state index in [0.29, 0.717) is 32.8 Å². The molecule has 1 aromatic rings. The molecule has 1 saturated heterocycles. The minimum absolute atomic E-state index is 0.106. The molecule has 1 fully saturated rings. The van der Waals surface area contributed by atoms with Gasteiger partial charge in [-0.3, -0.25) is 0 Å². The summed E-state index contributed by atoms with van der Waals surface area (Å²) in [6, 6.07) is 3.36. The molecule has 0 bridgehead atoms. The first-order chi connectivity index (χ1) is 9.14. The molecular formula is C12H19N3O3S. The van der Waals surface area contributed by atoms with Gasteiger partial charge in [0.1, 0.15) is 0 Å². The van der Waals surface area contributed by atoms with E-state index in [9.17, 15) is 8.42 Å². The summed E-state index contributed by atoms with van der Waals surface area (Å²) in [5, 5.41) is 3.28. The van der Waals surface area contributed by atoms with Crippen molar-refractivity contribution in [1.82, 2.24) is 14.6 Å². The number of nitrogens with zero attached hydrogens (tertiary/aromatic N) is 2. The molecule has 7 heteroatoms. The molecule has 1 N–H and O–H groups in total. The molecular weight excluding hydrogens is 266 g/mol. The average molecular weight is 285 g/mol. The molecule has 106 valence electrons. The van der Waals surface area contributed by atoms with Gasteiger partial charge in [-0.25, -0.2) is 13.4 Å². The first-order valence-corrected chi connectivity index (χ1v) is 7.82. The Labute approximate surface area is 113 Å². The van der Waals surface area contributed by atoms with Gasteiger partial charge in [0.2, 0.25) is 0 Å². The number of hydrogen-bond acceptors (Lipinski definition) is 5. The Morgan fingerprint density at radius 3 is 2.68 bits per heavy atom. The van der Waals surface area contributed by atoms with Gasteiger partial charge in [-0.15, -0.1) is 0 Å². The van der Waals surface area contributed by atoms with Gasteiger partial charge in [0.15, 0.2) is 5.03 Å². The number of rotatable bonds is 5. The number of aromatic nitrogens is 1. The number of ether oxygens (including phenoxy) is 1. The van der Waals surface area contributed by atoms with Crippen LogP contribution in [0.2, 0.25) is 0 Å². The van der Waals surface area contributed by atoms with Gasteiger partial charge >= 0.3 is 0 Å². The lowest BCUT2D eigenvalue weighted by Crippen LogP contribution is -2.40. The lowest BCUT2D eigenvalue weighted by atomic mass is 10.3. The number of sulfonamides is 1. The lowest BCUT2D eigenvalue weighted by molar-refractivity contribution is 0.0729. The maximum Gasteiger partial charge on any atom is 0.260 e. The van der Waals surface area contributed by atoms with E-state index in [1.54, 1.807) is 18.3 Å². The van der Waals surface area contributed by atoms with Crippen LogP contribution in [-0.2, 0) is 21.3 Å². The predicted octanol–water partition coefficient (Wildman–Crippen LogP) is 0.212. The van der Waals surface area contributed by atoms with E-state index in [-0.39, 0.29) is 5.03 Å². The molecule has 1 aliphatic rings. The summed E-state index contributed by atoms with van der Waals surface area (Å²) in [7, 11) is -3.48. The molecule has 0 aliphatic carbocycles. The fraction of sp³-hybridized carbons (Fsp3) is 0.583. The molecule has 19 heavy (non-hydrogen) atoms. The van der Waals surface area contributed by atoms with Gasteiger partial charge < -0.3 is 10.1 Å². The number of pyridine rings is 1. The summed E-state index contributed by atoms with van der Waals surface area (Å²) in [5.74, 6) is 0. The minimum Gasteiger partial charge on any atom is -0.379 e. The molecule has 0 radical (unpaired) electrons. The Kier molecular flexibility index (Phi) is 4.87. The van der Waals surface area contributed by atoms with Gasteiger partial charge in [0.25, 0.3) is 10.0 Å². The van der Waals surface area contributed by atoms with Crippen LogP contribution in [-0.4, -0.2) is 50.6 Å². The van der Waals surface area contributed by atoms with E-state index in [1.165, 1.54) is 4.31 Å². The second-order valence-electron chi connectivity index (χ2n) is 4.30. The summed E-state index contributed by atoms with van der Waals surface area (Å²) in [4.78, 5) is 4.07. The molecule has 0 spiro atoms. The minimum atomic E-state index is -3.48. The highest BCUT2D eigenvalue weighted by Gasteiger charge is 2.27. The third kappa shape index (κ3) is 3.50. The van der Waals surface area contributed by atoms with Crippen LogP contribution < -0.4 is 5.32 Å². The topological polar surface area (TPSA) is 71.5 Å². The van der Waals surface area contributed by atoms with Crippen molar-refractivity contribution in [1.29, 1.82) is 0 Å². The van der Waals surface area contributed by atoms with Gasteiger partial charge in [0, 0.05) is 25.8 Å². The predicted molar refractivity (Wildman–Crippen MR) is 71.2 cm³/mol. The van der Waals surface area contributed by atoms with Gasteiger partial charge in [-0.2, -0.15) is 4.31 Å². The number of nitrogens with one attached hydrogen (secondary N) is 1. The van der Waals surface area contributed by atoms with Crippen LogP contribution >= 0.6 is 0 Å². The quantitative estimate of drug-likeness (QED) is 0.837. The van der Waals surface area contributed by atoms with Crippen molar-refractivity contribution in [2.45, 2.75) is 18.5 Å². The van der Waals surface area contributed by atoms with Crippen LogP contribution in [0.15, 0.2) is 23.4 Å². The molecule has 0 unspecified atom stereocenters. The third-order valence-electron chi connectivity index (χ3n) is 2.95. The van der Waals surface area contributed by atoms with Crippen molar-refractivity contribution >= 4 is 10.0 Å². The summed E-state index contributed by atoms with van der Waals surface area (Å²) < 4.78 is 31.2. The number of morpholine rings is 1. The molecule has 6 nitrogen and oxygen atoms in total. The van der Waals surface area contributed by atoms with Crippen molar-refractivity contribution in [2.24, 2.45) is 0 Å². The van der Waals surface area contributed by atoms with Crippen LogP contribution in [0.3, 0.4) is 0 Å². The Hall–Kier alpha value is -1.02. The summed E-state index contributed by atoms with van der Waals surface area (Å²) >= 11 is 0. The van der Waals surface area contributed by atoms with Crippen molar-refractivity contribution < 1.29 is 13.2 Å². The Balaban J connectivity index is 2.11. The fourth-order valence-corrected chi connectivity index (χ4v) is 3.18. The van der Waals surface area contributed by atoms with Gasteiger partial charge in [0.05, 0.1) is 13.2 Å². The smallest absolute Gasteiger partial charge is 0.260 e. The Morgan fingerprint density at radius 2 is 2.11 bits per heavy atom. The molecule has 0 atom stereocenters. The highest BCUT2D eigenvalue weighted by molar-refractivity contribution is 7.89. The van der Waals surface area contributed by atoms with Crippen LogP contribution in [0.25, 0.3) is 0 Å². The summed E-state index contributed by atoms with van der Waals surface area (Å²) in [6.45, 7) is 5.25. The molecule has 1 aliphatic heterocycles. The molecule has 0 aromatic carbocycles. The molecule has 2 rings (SSSR count). The van der Waals surface area contributed by atoms with Crippen LogP contribution in [0.5, 0.6) is 0 Å². The summed E-state index contributed by atoms with van der Waals surface area (Å²) in [6.07, 6.45) is 1.61. The monoisotopic (exact) mass is 285 g/mol. The highest BCUT2D eigenvalue weighted by Crippen LogP contribution is 2.15. The second kappa shape index (κ2) is 6.42. The van der Waals surface area contributed by atoms with Crippen molar-refractivity contribution in [2.75, 3.05) is 32.8 Å². The Bertz CT molecular complexity index is 495. The fourth-order valence-electron chi connectivity index (χ4n) is 1.86. The third-order valence-corrected chi connectivity index (χ3v) is 4.77. The molecule has 0 saturated carbocycles. The van der Waals surface area contributed by atoms with E-state index in [0.717, 1.165) is 12.1 Å². The summed E-state index contributed by atoms with van der Waals surface area (Å²) in [5.41, 5.74) is 0.975. The van der Waals surface area contributed by atoms with Crippen LogP contribution in [0.4, 0.5) is 0 Å². The van der Waals surface area contributed by atoms with E-state index in [2.05, 4.69) is 10.3 Å². The highest BCUT2D eigenvalue weighted by atomic mass is 32.2. The zero-order valence-corrected chi connectivity index (χ0v) is 11.8. The SMILES string of the molecule is CCNCc1ccc(S(=O)(=O)N2CCOCC2)nc1. The Morgan fingerprint density at radius 1 is 1.37 bits per heavy atom. The van der Waals surface area contributed by atoms with Crippen molar-refractivity contribution in [3.05, 3.63) is 23.9 Å². The zero-order valence-electron chi connectivity index (χ0n) is 11.0. The van der Waals surface area contributed by atoms with Crippen LogP contribution in [0.1, 0.15) is 12.5 Å². The van der Waals surface area contributed by atoms with Gasteiger partial charge in [-0.05, 0) is 18.2 Å². The maximum absolute atomic E-state index is 12.3. The standard InChI is InChI=1S/C12H19N3O3S/c1-2-13-9-11-3-4-12(14-10-11)19(16,17)15-5-7-18-8-6-15/h3-4,10,13H,2,5-9H2,1H3. The van der Waals surface area contributed by atoms with E-state index >= 15 is 0 Å². The van der Waals surface area contributed by atoms with Gasteiger partial charge in [-0.1, -0.05) is 13.0 Å². The molecule has 1 aromatic heterocycles.